The third kappa shape index (κ3) is 2.94. The average molecular weight is 275 g/mol. The van der Waals surface area contributed by atoms with Crippen LogP contribution in [0, 0.1) is 17.0 Å². The Labute approximate surface area is 114 Å². The number of anilines is 1. The van der Waals surface area contributed by atoms with E-state index in [1.54, 1.807) is 6.07 Å². The summed E-state index contributed by atoms with van der Waals surface area (Å²) >= 11 is 0. The number of hydrogen-bond donors (Lipinski definition) is 2. The maximum Gasteiger partial charge on any atom is 0.293 e. The Hall–Kier alpha value is -2.83. The minimum absolute atomic E-state index is 0.0936. The second kappa shape index (κ2) is 5.43. The SMILES string of the molecule is Cc1ccc(CNc2ccc(C(N)=O)cc2[N+](=O)[O-])o1. The lowest BCUT2D eigenvalue weighted by Crippen LogP contribution is -2.12. The Morgan fingerprint density at radius 2 is 2.15 bits per heavy atom. The van der Waals surface area contributed by atoms with Crippen LogP contribution in [0.1, 0.15) is 21.9 Å². The van der Waals surface area contributed by atoms with Gasteiger partial charge in [0.15, 0.2) is 0 Å². The molecule has 0 saturated carbocycles. The van der Waals surface area contributed by atoms with Gasteiger partial charge in [0.05, 0.1) is 11.5 Å². The molecule has 0 aliphatic rings. The summed E-state index contributed by atoms with van der Waals surface area (Å²) in [5.74, 6) is 0.720. The standard InChI is InChI=1S/C13H13N3O4/c1-8-2-4-10(20-8)7-15-11-5-3-9(13(14)17)6-12(11)16(18)19/h2-6,15H,7H2,1H3,(H2,14,17). The Bertz CT molecular complexity index is 663. The zero-order chi connectivity index (χ0) is 14.7. The number of nitro benzene ring substituents is 1. The minimum atomic E-state index is -0.707. The number of amides is 1. The first-order valence-electron chi connectivity index (χ1n) is 5.85. The summed E-state index contributed by atoms with van der Waals surface area (Å²) < 4.78 is 5.36. The highest BCUT2D eigenvalue weighted by molar-refractivity contribution is 5.94. The van der Waals surface area contributed by atoms with E-state index in [0.29, 0.717) is 18.0 Å². The second-order valence-electron chi connectivity index (χ2n) is 4.22. The smallest absolute Gasteiger partial charge is 0.293 e. The molecule has 20 heavy (non-hydrogen) atoms. The van der Waals surface area contributed by atoms with Gasteiger partial charge >= 0.3 is 0 Å². The molecule has 0 radical (unpaired) electrons. The first-order valence-corrected chi connectivity index (χ1v) is 5.85. The van der Waals surface area contributed by atoms with Crippen LogP contribution in [-0.2, 0) is 6.54 Å². The van der Waals surface area contributed by atoms with Crippen LogP contribution in [0.15, 0.2) is 34.7 Å². The molecule has 7 nitrogen and oxygen atoms in total. The lowest BCUT2D eigenvalue weighted by Gasteiger charge is -2.06. The Morgan fingerprint density at radius 1 is 1.40 bits per heavy atom. The molecule has 0 bridgehead atoms. The van der Waals surface area contributed by atoms with E-state index in [4.69, 9.17) is 10.2 Å². The van der Waals surface area contributed by atoms with Gasteiger partial charge in [-0.2, -0.15) is 0 Å². The van der Waals surface area contributed by atoms with Gasteiger partial charge < -0.3 is 15.5 Å². The predicted molar refractivity (Wildman–Crippen MR) is 72.4 cm³/mol. The number of nitrogens with one attached hydrogen (secondary N) is 1. The lowest BCUT2D eigenvalue weighted by molar-refractivity contribution is -0.384. The number of furan rings is 1. The van der Waals surface area contributed by atoms with Gasteiger partial charge in [0.2, 0.25) is 5.91 Å². The highest BCUT2D eigenvalue weighted by Gasteiger charge is 2.16. The second-order valence-corrected chi connectivity index (χ2v) is 4.22. The summed E-state index contributed by atoms with van der Waals surface area (Å²) in [6, 6.07) is 7.63. The largest absolute Gasteiger partial charge is 0.465 e. The zero-order valence-corrected chi connectivity index (χ0v) is 10.8. The van der Waals surface area contributed by atoms with Crippen LogP contribution in [-0.4, -0.2) is 10.8 Å². The molecule has 0 aliphatic carbocycles. The summed E-state index contributed by atoms with van der Waals surface area (Å²) in [5, 5.41) is 13.9. The van der Waals surface area contributed by atoms with Crippen LogP contribution in [0.25, 0.3) is 0 Å². The van der Waals surface area contributed by atoms with Gasteiger partial charge in [-0.15, -0.1) is 0 Å². The first kappa shape index (κ1) is 13.6. The normalized spacial score (nSPS) is 10.2. The molecule has 0 spiro atoms. The highest BCUT2D eigenvalue weighted by Crippen LogP contribution is 2.26. The summed E-state index contributed by atoms with van der Waals surface area (Å²) in [6.45, 7) is 2.12. The summed E-state index contributed by atoms with van der Waals surface area (Å²) in [4.78, 5) is 21.5. The molecule has 0 atom stereocenters. The lowest BCUT2D eigenvalue weighted by atomic mass is 10.1. The highest BCUT2D eigenvalue weighted by atomic mass is 16.6. The molecule has 0 fully saturated rings. The van der Waals surface area contributed by atoms with E-state index in [1.165, 1.54) is 12.1 Å². The van der Waals surface area contributed by atoms with E-state index in [1.807, 2.05) is 13.0 Å². The molecule has 2 rings (SSSR count). The molecule has 7 heteroatoms. The van der Waals surface area contributed by atoms with Crippen LogP contribution < -0.4 is 11.1 Å². The fourth-order valence-electron chi connectivity index (χ4n) is 1.75. The quantitative estimate of drug-likeness (QED) is 0.641. The van der Waals surface area contributed by atoms with E-state index >= 15 is 0 Å². The van der Waals surface area contributed by atoms with Crippen molar-refractivity contribution in [2.45, 2.75) is 13.5 Å². The van der Waals surface area contributed by atoms with Gasteiger partial charge in [0.25, 0.3) is 5.69 Å². The maximum absolute atomic E-state index is 11.0. The Balaban J connectivity index is 2.22. The fraction of sp³-hybridized carbons (Fsp3) is 0.154. The number of carbonyl (C=O) groups excluding carboxylic acids is 1. The average Bonchev–Trinajstić information content (AvgIpc) is 2.81. The van der Waals surface area contributed by atoms with Crippen molar-refractivity contribution in [3.05, 3.63) is 57.5 Å². The number of nitrogens with two attached hydrogens (primary N) is 1. The fourth-order valence-corrected chi connectivity index (χ4v) is 1.75. The van der Waals surface area contributed by atoms with Crippen molar-refractivity contribution in [3.8, 4) is 0 Å². The van der Waals surface area contributed by atoms with Crippen molar-refractivity contribution in [2.24, 2.45) is 5.73 Å². The Kier molecular flexibility index (Phi) is 3.69. The maximum atomic E-state index is 11.0. The summed E-state index contributed by atoms with van der Waals surface area (Å²) in [7, 11) is 0. The van der Waals surface area contributed by atoms with Crippen molar-refractivity contribution in [3.63, 3.8) is 0 Å². The van der Waals surface area contributed by atoms with Gasteiger partial charge in [-0.3, -0.25) is 14.9 Å². The monoisotopic (exact) mass is 275 g/mol. The zero-order valence-electron chi connectivity index (χ0n) is 10.8. The van der Waals surface area contributed by atoms with E-state index < -0.39 is 10.8 Å². The molecular formula is C13H13N3O4. The van der Waals surface area contributed by atoms with Crippen LogP contribution in [0.4, 0.5) is 11.4 Å². The first-order chi connectivity index (χ1) is 9.47. The number of carbonyl (C=O) groups is 1. The number of nitrogens with zero attached hydrogens (tertiary/aromatic N) is 1. The minimum Gasteiger partial charge on any atom is -0.465 e. The number of aryl methyl sites for hydroxylation is 1. The number of hydrogen-bond acceptors (Lipinski definition) is 5. The number of rotatable bonds is 5. The molecule has 0 unspecified atom stereocenters. The molecule has 2 aromatic rings. The van der Waals surface area contributed by atoms with Crippen LogP contribution >= 0.6 is 0 Å². The van der Waals surface area contributed by atoms with Crippen molar-refractivity contribution in [1.82, 2.24) is 0 Å². The van der Waals surface area contributed by atoms with E-state index in [9.17, 15) is 14.9 Å². The molecule has 1 amide bonds. The van der Waals surface area contributed by atoms with E-state index in [2.05, 4.69) is 5.32 Å². The van der Waals surface area contributed by atoms with Crippen molar-refractivity contribution in [1.29, 1.82) is 0 Å². The number of nitro groups is 1. The van der Waals surface area contributed by atoms with Crippen molar-refractivity contribution >= 4 is 17.3 Å². The van der Waals surface area contributed by atoms with E-state index in [0.717, 1.165) is 11.8 Å². The molecular weight excluding hydrogens is 262 g/mol. The third-order valence-corrected chi connectivity index (χ3v) is 2.73. The van der Waals surface area contributed by atoms with Crippen molar-refractivity contribution < 1.29 is 14.1 Å². The summed E-state index contributed by atoms with van der Waals surface area (Å²) in [6.07, 6.45) is 0. The topological polar surface area (TPSA) is 111 Å². The molecule has 1 aromatic heterocycles. The van der Waals surface area contributed by atoms with Crippen LogP contribution in [0.2, 0.25) is 0 Å². The predicted octanol–water partition coefficient (Wildman–Crippen LogP) is 2.21. The van der Waals surface area contributed by atoms with Crippen LogP contribution in [0.3, 0.4) is 0 Å². The van der Waals surface area contributed by atoms with Gasteiger partial charge in [0.1, 0.15) is 17.2 Å². The van der Waals surface area contributed by atoms with Crippen LogP contribution in [0.5, 0.6) is 0 Å². The molecule has 1 aromatic carbocycles. The van der Waals surface area contributed by atoms with E-state index in [-0.39, 0.29) is 11.3 Å². The molecule has 1 heterocycles. The molecule has 0 aliphatic heterocycles. The summed E-state index contributed by atoms with van der Waals surface area (Å²) in [5.41, 5.74) is 5.29. The molecule has 3 N–H and O–H groups in total. The van der Waals surface area contributed by atoms with Crippen molar-refractivity contribution in [2.75, 3.05) is 5.32 Å². The molecule has 0 saturated heterocycles. The number of benzene rings is 1. The van der Waals surface area contributed by atoms with Gasteiger partial charge in [-0.05, 0) is 31.2 Å². The third-order valence-electron chi connectivity index (χ3n) is 2.73. The van der Waals surface area contributed by atoms with Gasteiger partial charge in [-0.1, -0.05) is 0 Å². The van der Waals surface area contributed by atoms with Gasteiger partial charge in [0, 0.05) is 11.6 Å². The molecule has 104 valence electrons. The number of primary amides is 1. The van der Waals surface area contributed by atoms with Gasteiger partial charge in [-0.25, -0.2) is 0 Å². The Morgan fingerprint density at radius 3 is 2.70 bits per heavy atom.